The van der Waals surface area contributed by atoms with Crippen LogP contribution in [0.2, 0.25) is 0 Å². The van der Waals surface area contributed by atoms with Crippen molar-refractivity contribution in [2.24, 2.45) is 5.73 Å². The summed E-state index contributed by atoms with van der Waals surface area (Å²) in [5.74, 6) is -0.246. The van der Waals surface area contributed by atoms with Crippen LogP contribution in [0.15, 0.2) is 24.3 Å². The highest BCUT2D eigenvalue weighted by Gasteiger charge is 2.40. The molecule has 0 radical (unpaired) electrons. The second-order valence-electron chi connectivity index (χ2n) is 4.97. The van der Waals surface area contributed by atoms with Gasteiger partial charge in [0.1, 0.15) is 5.41 Å². The highest BCUT2D eigenvalue weighted by Crippen LogP contribution is 2.31. The van der Waals surface area contributed by atoms with E-state index < -0.39 is 5.41 Å². The molecule has 1 rings (SSSR count). The van der Waals surface area contributed by atoms with Crippen molar-refractivity contribution in [3.63, 3.8) is 0 Å². The Balaban J connectivity index is 3.12. The lowest BCUT2D eigenvalue weighted by atomic mass is 9.76. The summed E-state index contributed by atoms with van der Waals surface area (Å²) in [5.41, 5.74) is 7.22. The minimum atomic E-state index is -0.777. The normalized spacial score (nSPS) is 13.8. The van der Waals surface area contributed by atoms with Gasteiger partial charge in [-0.15, -0.1) is 0 Å². The summed E-state index contributed by atoms with van der Waals surface area (Å²) in [7, 11) is 1.65. The largest absolute Gasteiger partial charge is 0.465 e. The number of hydrogen-bond acceptors (Lipinski definition) is 4. The van der Waals surface area contributed by atoms with Gasteiger partial charge in [-0.25, -0.2) is 0 Å². The molecule has 1 aromatic rings. The molecule has 4 heteroatoms. The van der Waals surface area contributed by atoms with Crippen LogP contribution in [0, 0.1) is 6.92 Å². The molecule has 20 heavy (non-hydrogen) atoms. The second-order valence-corrected chi connectivity index (χ2v) is 4.97. The molecule has 2 N–H and O–H groups in total. The zero-order chi connectivity index (χ0) is 15.0. The zero-order valence-electron chi connectivity index (χ0n) is 12.6. The molecule has 112 valence electrons. The lowest BCUT2D eigenvalue weighted by molar-refractivity contribution is -0.150. The maximum Gasteiger partial charge on any atom is 0.317 e. The van der Waals surface area contributed by atoms with Gasteiger partial charge in [0, 0.05) is 20.3 Å². The third-order valence-corrected chi connectivity index (χ3v) is 3.54. The predicted octanol–water partition coefficient (Wildman–Crippen LogP) is 2.18. The zero-order valence-corrected chi connectivity index (χ0v) is 12.6. The van der Waals surface area contributed by atoms with Crippen LogP contribution in [-0.4, -0.2) is 32.8 Å². The van der Waals surface area contributed by atoms with E-state index in [-0.39, 0.29) is 12.5 Å². The van der Waals surface area contributed by atoms with Crippen LogP contribution in [-0.2, 0) is 19.7 Å². The molecule has 0 aliphatic carbocycles. The van der Waals surface area contributed by atoms with Crippen molar-refractivity contribution in [2.75, 3.05) is 26.9 Å². The lowest BCUT2D eigenvalue weighted by Crippen LogP contribution is -2.44. The molecule has 0 spiro atoms. The molecule has 1 unspecified atom stereocenters. The molecule has 4 nitrogen and oxygen atoms in total. The van der Waals surface area contributed by atoms with Gasteiger partial charge >= 0.3 is 5.97 Å². The fourth-order valence-corrected chi connectivity index (χ4v) is 2.40. The van der Waals surface area contributed by atoms with Crippen molar-refractivity contribution in [1.29, 1.82) is 0 Å². The Morgan fingerprint density at radius 1 is 1.40 bits per heavy atom. The maximum absolute atomic E-state index is 12.5. The average Bonchev–Trinajstić information content (AvgIpc) is 2.44. The van der Waals surface area contributed by atoms with Gasteiger partial charge in [-0.2, -0.15) is 0 Å². The molecule has 1 aromatic carbocycles. The van der Waals surface area contributed by atoms with Crippen molar-refractivity contribution < 1.29 is 14.3 Å². The number of carbonyl (C=O) groups excluding carboxylic acids is 1. The molecule has 0 heterocycles. The highest BCUT2D eigenvalue weighted by atomic mass is 16.5. The first-order chi connectivity index (χ1) is 9.60. The van der Waals surface area contributed by atoms with E-state index in [1.54, 1.807) is 7.11 Å². The van der Waals surface area contributed by atoms with Crippen LogP contribution in [0.25, 0.3) is 0 Å². The van der Waals surface area contributed by atoms with E-state index >= 15 is 0 Å². The van der Waals surface area contributed by atoms with Gasteiger partial charge in [0.2, 0.25) is 0 Å². The molecule has 1 atom stereocenters. The molecular formula is C16H25NO3. The van der Waals surface area contributed by atoms with E-state index in [0.717, 1.165) is 17.5 Å². The van der Waals surface area contributed by atoms with E-state index in [4.69, 9.17) is 15.2 Å². The summed E-state index contributed by atoms with van der Waals surface area (Å²) < 4.78 is 10.4. The number of hydrogen-bond donors (Lipinski definition) is 1. The Morgan fingerprint density at radius 3 is 2.70 bits per heavy atom. The standard InChI is InChI=1S/C16H25NO3/c1-4-20-15(18)16(12-17,9-6-10-19-3)14-8-5-7-13(2)11-14/h5,7-8,11H,4,6,9-10,12,17H2,1-3H3. The maximum atomic E-state index is 12.5. The molecule has 0 aromatic heterocycles. The number of benzene rings is 1. The molecule has 0 aliphatic heterocycles. The minimum absolute atomic E-state index is 0.235. The van der Waals surface area contributed by atoms with E-state index in [2.05, 4.69) is 0 Å². The quantitative estimate of drug-likeness (QED) is 0.585. The van der Waals surface area contributed by atoms with Crippen LogP contribution >= 0.6 is 0 Å². The van der Waals surface area contributed by atoms with Crippen molar-refractivity contribution in [3.8, 4) is 0 Å². The Labute approximate surface area is 121 Å². The van der Waals surface area contributed by atoms with Crippen LogP contribution in [0.3, 0.4) is 0 Å². The van der Waals surface area contributed by atoms with E-state index in [1.807, 2.05) is 38.1 Å². The molecular weight excluding hydrogens is 254 g/mol. The van der Waals surface area contributed by atoms with Crippen LogP contribution in [0.5, 0.6) is 0 Å². The Hall–Kier alpha value is -1.39. The predicted molar refractivity (Wildman–Crippen MR) is 79.7 cm³/mol. The molecule has 0 saturated heterocycles. The summed E-state index contributed by atoms with van der Waals surface area (Å²) in [5, 5.41) is 0. The summed E-state index contributed by atoms with van der Waals surface area (Å²) in [4.78, 5) is 12.5. The molecule has 0 saturated carbocycles. The summed E-state index contributed by atoms with van der Waals surface area (Å²) >= 11 is 0. The first-order valence-corrected chi connectivity index (χ1v) is 7.04. The van der Waals surface area contributed by atoms with Crippen LogP contribution < -0.4 is 5.73 Å². The molecule has 0 aliphatic rings. The Morgan fingerprint density at radius 2 is 2.15 bits per heavy atom. The third kappa shape index (κ3) is 3.81. The summed E-state index contributed by atoms with van der Waals surface area (Å²) in [6.45, 7) is 5.01. The summed E-state index contributed by atoms with van der Waals surface area (Å²) in [6.07, 6.45) is 1.39. The number of esters is 1. The number of aryl methyl sites for hydroxylation is 1. The van der Waals surface area contributed by atoms with Gasteiger partial charge < -0.3 is 15.2 Å². The van der Waals surface area contributed by atoms with Crippen molar-refractivity contribution in [3.05, 3.63) is 35.4 Å². The van der Waals surface area contributed by atoms with Gasteiger partial charge in [-0.05, 0) is 32.3 Å². The summed E-state index contributed by atoms with van der Waals surface area (Å²) in [6, 6.07) is 7.91. The number of ether oxygens (including phenoxy) is 2. The second kappa shape index (κ2) is 8.02. The first kappa shape index (κ1) is 16.7. The van der Waals surface area contributed by atoms with Crippen LogP contribution in [0.1, 0.15) is 30.9 Å². The monoisotopic (exact) mass is 279 g/mol. The van der Waals surface area contributed by atoms with Gasteiger partial charge in [-0.3, -0.25) is 4.79 Å². The molecule has 0 amide bonds. The van der Waals surface area contributed by atoms with Crippen LogP contribution in [0.4, 0.5) is 0 Å². The van der Waals surface area contributed by atoms with Gasteiger partial charge in [0.15, 0.2) is 0 Å². The van der Waals surface area contributed by atoms with Crippen molar-refractivity contribution in [1.82, 2.24) is 0 Å². The average molecular weight is 279 g/mol. The highest BCUT2D eigenvalue weighted by molar-refractivity contribution is 5.83. The number of nitrogens with two attached hydrogens (primary N) is 1. The van der Waals surface area contributed by atoms with E-state index in [9.17, 15) is 4.79 Å². The minimum Gasteiger partial charge on any atom is -0.465 e. The van der Waals surface area contributed by atoms with Gasteiger partial charge in [0.25, 0.3) is 0 Å². The Kier molecular flexibility index (Phi) is 6.68. The number of carbonyl (C=O) groups is 1. The Bertz CT molecular complexity index is 433. The fraction of sp³-hybridized carbons (Fsp3) is 0.562. The van der Waals surface area contributed by atoms with Gasteiger partial charge in [0.05, 0.1) is 6.61 Å². The van der Waals surface area contributed by atoms with Gasteiger partial charge in [-0.1, -0.05) is 29.8 Å². The van der Waals surface area contributed by atoms with E-state index in [1.165, 1.54) is 0 Å². The SMILES string of the molecule is CCOC(=O)C(CN)(CCCOC)c1cccc(C)c1. The molecule has 0 fully saturated rings. The number of methoxy groups -OCH3 is 1. The topological polar surface area (TPSA) is 61.5 Å². The fourth-order valence-electron chi connectivity index (χ4n) is 2.40. The first-order valence-electron chi connectivity index (χ1n) is 7.04. The lowest BCUT2D eigenvalue weighted by Gasteiger charge is -2.31. The van der Waals surface area contributed by atoms with Crippen molar-refractivity contribution in [2.45, 2.75) is 32.1 Å². The number of rotatable bonds is 8. The third-order valence-electron chi connectivity index (χ3n) is 3.54. The smallest absolute Gasteiger partial charge is 0.317 e. The molecule has 0 bridgehead atoms. The van der Waals surface area contributed by atoms with Crippen molar-refractivity contribution >= 4 is 5.97 Å². The van der Waals surface area contributed by atoms with E-state index in [0.29, 0.717) is 19.6 Å².